The van der Waals surface area contributed by atoms with Crippen molar-refractivity contribution in [2.45, 2.75) is 30.8 Å². The average molecular weight is 757 g/mol. The van der Waals surface area contributed by atoms with Crippen LogP contribution in [0.4, 0.5) is 0 Å². The molecule has 0 aliphatic carbocycles. The topological polar surface area (TPSA) is 218 Å². The van der Waals surface area contributed by atoms with E-state index in [0.29, 0.717) is 17.7 Å². The Kier molecular flexibility index (Phi) is 12.1. The van der Waals surface area contributed by atoms with Gasteiger partial charge in [-0.1, -0.05) is 12.5 Å². The Labute approximate surface area is 297 Å². The summed E-state index contributed by atoms with van der Waals surface area (Å²) in [5.74, 6) is 1.01. The Hall–Kier alpha value is -3.94. The second-order valence-electron chi connectivity index (χ2n) is 12.0. The molecule has 2 aromatic heterocycles. The van der Waals surface area contributed by atoms with Crippen molar-refractivity contribution in [1.82, 2.24) is 9.88 Å². The molecule has 0 unspecified atom stereocenters. The molecule has 1 fully saturated rings. The van der Waals surface area contributed by atoms with Gasteiger partial charge in [-0.15, -0.1) is 11.3 Å². The lowest BCUT2D eigenvalue weighted by Crippen LogP contribution is -2.33. The van der Waals surface area contributed by atoms with Crippen LogP contribution in [-0.4, -0.2) is 81.9 Å². The SMILES string of the molecule is O=C(c1ccc(OCCN2CCCCC2)cc1)c1c(-c2ccc(O)cc2)sc2cc(O)ccc12.O=P(O)(O)C(O)(Cc1cccnc1)P(=O)(O)O. The summed E-state index contributed by atoms with van der Waals surface area (Å²) in [5.41, 5.74) is 2.13. The van der Waals surface area contributed by atoms with Gasteiger partial charge in [0.2, 0.25) is 0 Å². The molecule has 3 aromatic carbocycles. The first-order chi connectivity index (χ1) is 24.2. The van der Waals surface area contributed by atoms with E-state index in [2.05, 4.69) is 9.88 Å². The second-order valence-corrected chi connectivity index (χ2v) is 17.1. The smallest absolute Gasteiger partial charge is 0.369 e. The molecule has 16 heteroatoms. The normalized spacial score (nSPS) is 14.1. The standard InChI is InChI=1S/C28H27NO4S.C7H11NO7P2/c30-21-8-4-20(5-9-21)28-26(24-13-10-22(31)18-25(24)34-28)27(32)19-6-11-23(12-7-19)33-17-16-29-14-2-1-3-15-29;9-7(16(10,11)12,17(13,14)15)4-6-2-1-3-8-5-6/h4-13,18,30-31H,1-3,14-17H2;1-3,5,9H,4H2,(H2,10,11,12)(H2,13,14,15). The van der Waals surface area contributed by atoms with Gasteiger partial charge in [0.25, 0.3) is 5.08 Å². The number of fused-ring (bicyclic) bond motifs is 1. The van der Waals surface area contributed by atoms with Crippen LogP contribution in [0, 0.1) is 0 Å². The number of carbonyl (C=O) groups is 1. The first-order valence-electron chi connectivity index (χ1n) is 15.9. The molecule has 1 saturated heterocycles. The highest BCUT2D eigenvalue weighted by Gasteiger charge is 2.59. The zero-order chi connectivity index (χ0) is 36.8. The van der Waals surface area contributed by atoms with E-state index in [1.54, 1.807) is 42.5 Å². The summed E-state index contributed by atoms with van der Waals surface area (Å²) in [6.45, 7) is 3.85. The van der Waals surface area contributed by atoms with Gasteiger partial charge in [0.15, 0.2) is 5.78 Å². The molecule has 1 aliphatic rings. The number of rotatable bonds is 11. The Morgan fingerprint density at radius 2 is 1.51 bits per heavy atom. The zero-order valence-corrected chi connectivity index (χ0v) is 29.9. The Morgan fingerprint density at radius 1 is 0.863 bits per heavy atom. The fraction of sp³-hybridized carbons (Fsp3) is 0.257. The predicted octanol–water partition coefficient (Wildman–Crippen LogP) is 5.70. The number of carbonyl (C=O) groups excluding carboxylic acids is 1. The van der Waals surface area contributed by atoms with Crippen molar-refractivity contribution in [1.29, 1.82) is 0 Å². The van der Waals surface area contributed by atoms with Crippen molar-refractivity contribution in [3.05, 3.63) is 108 Å². The molecular weight excluding hydrogens is 718 g/mol. The van der Waals surface area contributed by atoms with E-state index in [1.165, 1.54) is 48.9 Å². The quantitative estimate of drug-likeness (QED) is 0.0636. The number of nitrogens with zero attached hydrogens (tertiary/aromatic N) is 2. The van der Waals surface area contributed by atoms with Crippen LogP contribution >= 0.6 is 26.5 Å². The molecule has 0 radical (unpaired) electrons. The second kappa shape index (κ2) is 16.2. The number of hydrogen-bond acceptors (Lipinski definition) is 10. The molecule has 5 aromatic rings. The fourth-order valence-corrected chi connectivity index (χ4v) is 8.97. The predicted molar refractivity (Wildman–Crippen MR) is 193 cm³/mol. The van der Waals surface area contributed by atoms with Gasteiger partial charge >= 0.3 is 15.2 Å². The third kappa shape index (κ3) is 9.30. The summed E-state index contributed by atoms with van der Waals surface area (Å²) in [6.07, 6.45) is 5.48. The molecule has 0 amide bonds. The first kappa shape index (κ1) is 38.3. The monoisotopic (exact) mass is 756 g/mol. The van der Waals surface area contributed by atoms with Gasteiger partial charge in [0, 0.05) is 51.4 Å². The molecule has 0 spiro atoms. The maximum Gasteiger partial charge on any atom is 0.369 e. The summed E-state index contributed by atoms with van der Waals surface area (Å²) in [7, 11) is -10.8. The number of benzene rings is 3. The van der Waals surface area contributed by atoms with E-state index in [4.69, 9.17) is 24.3 Å². The summed E-state index contributed by atoms with van der Waals surface area (Å²) >= 11 is 1.46. The van der Waals surface area contributed by atoms with E-state index in [9.17, 15) is 29.2 Å². The van der Waals surface area contributed by atoms with Crippen molar-refractivity contribution >= 4 is 42.4 Å². The molecule has 7 N–H and O–H groups in total. The highest BCUT2D eigenvalue weighted by Crippen LogP contribution is 2.68. The number of piperidine rings is 1. The molecule has 1 aliphatic heterocycles. The number of likely N-dealkylation sites (tertiary alicyclic amines) is 1. The molecule has 3 heterocycles. The van der Waals surface area contributed by atoms with Gasteiger partial charge in [0.05, 0.1) is 0 Å². The number of ether oxygens (including phenoxy) is 1. The lowest BCUT2D eigenvalue weighted by molar-refractivity contribution is 0.104. The largest absolute Gasteiger partial charge is 0.508 e. The number of aromatic hydroxyl groups is 2. The van der Waals surface area contributed by atoms with Crippen molar-refractivity contribution in [2.24, 2.45) is 0 Å². The van der Waals surface area contributed by atoms with Crippen LogP contribution in [0.2, 0.25) is 0 Å². The molecule has 6 rings (SSSR count). The third-order valence-corrected chi connectivity index (χ3v) is 13.3. The number of phenols is 2. The number of aliphatic hydroxyl groups is 1. The number of phenolic OH excluding ortho intramolecular Hbond substituents is 2. The molecule has 0 bridgehead atoms. The molecule has 51 heavy (non-hydrogen) atoms. The minimum absolute atomic E-state index is 0.0834. The number of aromatic nitrogens is 1. The average Bonchev–Trinajstić information content (AvgIpc) is 3.47. The minimum Gasteiger partial charge on any atom is -0.508 e. The molecule has 0 atom stereocenters. The summed E-state index contributed by atoms with van der Waals surface area (Å²) in [6, 6.07) is 22.0. The first-order valence-corrected chi connectivity index (χ1v) is 20.0. The van der Waals surface area contributed by atoms with Crippen molar-refractivity contribution in [2.75, 3.05) is 26.2 Å². The van der Waals surface area contributed by atoms with Crippen LogP contribution < -0.4 is 4.74 Å². The van der Waals surface area contributed by atoms with E-state index >= 15 is 0 Å². The van der Waals surface area contributed by atoms with Crippen LogP contribution in [0.25, 0.3) is 20.5 Å². The van der Waals surface area contributed by atoms with E-state index in [-0.39, 0.29) is 22.8 Å². The Morgan fingerprint density at radius 3 is 2.12 bits per heavy atom. The van der Waals surface area contributed by atoms with E-state index in [1.807, 2.05) is 24.3 Å². The van der Waals surface area contributed by atoms with Crippen LogP contribution in [0.3, 0.4) is 0 Å². The minimum atomic E-state index is -5.41. The van der Waals surface area contributed by atoms with Crippen molar-refractivity contribution in [3.8, 4) is 27.7 Å². The zero-order valence-electron chi connectivity index (χ0n) is 27.3. The number of thiophene rings is 1. The van der Waals surface area contributed by atoms with Gasteiger partial charge < -0.3 is 39.6 Å². The van der Waals surface area contributed by atoms with Gasteiger partial charge in [0.1, 0.15) is 23.9 Å². The maximum absolute atomic E-state index is 13.6. The Bertz CT molecular complexity index is 2020. The molecular formula is C35H38N2O11P2S. The van der Waals surface area contributed by atoms with Crippen LogP contribution in [-0.2, 0) is 15.6 Å². The third-order valence-electron chi connectivity index (χ3n) is 8.37. The highest BCUT2D eigenvalue weighted by atomic mass is 32.1. The maximum atomic E-state index is 13.6. The Balaban J connectivity index is 0.000000251. The summed E-state index contributed by atoms with van der Waals surface area (Å²) in [4.78, 5) is 56.0. The van der Waals surface area contributed by atoms with Gasteiger partial charge in [-0.3, -0.25) is 23.8 Å². The molecule has 0 saturated carbocycles. The fourth-order valence-electron chi connectivity index (χ4n) is 5.60. The lowest BCUT2D eigenvalue weighted by atomic mass is 9.97. The molecule has 270 valence electrons. The van der Waals surface area contributed by atoms with Crippen LogP contribution in [0.5, 0.6) is 17.2 Å². The van der Waals surface area contributed by atoms with Crippen molar-refractivity contribution < 1.29 is 53.6 Å². The van der Waals surface area contributed by atoms with Crippen LogP contribution in [0.1, 0.15) is 40.7 Å². The van der Waals surface area contributed by atoms with Gasteiger partial charge in [-0.25, -0.2) is 0 Å². The van der Waals surface area contributed by atoms with Gasteiger partial charge in [-0.05, 0) is 110 Å². The lowest BCUT2D eigenvalue weighted by Gasteiger charge is -2.29. The van der Waals surface area contributed by atoms with Crippen molar-refractivity contribution in [3.63, 3.8) is 0 Å². The number of pyridine rings is 1. The van der Waals surface area contributed by atoms with Gasteiger partial charge in [-0.2, -0.15) is 0 Å². The summed E-state index contributed by atoms with van der Waals surface area (Å²) < 4.78 is 28.8. The number of hydrogen-bond donors (Lipinski definition) is 7. The van der Waals surface area contributed by atoms with E-state index in [0.717, 1.165) is 52.1 Å². The van der Waals surface area contributed by atoms with E-state index < -0.39 is 26.7 Å². The number of ketones is 1. The summed E-state index contributed by atoms with van der Waals surface area (Å²) in [5, 5.41) is 26.6. The molecule has 13 nitrogen and oxygen atoms in total. The highest BCUT2D eigenvalue weighted by molar-refractivity contribution is 7.72. The van der Waals surface area contributed by atoms with Crippen LogP contribution in [0.15, 0.2) is 91.3 Å².